The molecular weight excluding hydrogens is 196 g/mol. The third-order valence-corrected chi connectivity index (χ3v) is 2.40. The van der Waals surface area contributed by atoms with Gasteiger partial charge in [0.2, 0.25) is 0 Å². The predicted octanol–water partition coefficient (Wildman–Crippen LogP) is 2.54. The fraction of sp³-hybridized carbons (Fsp3) is 0.143. The van der Waals surface area contributed by atoms with Crippen molar-refractivity contribution in [2.45, 2.75) is 5.88 Å². The Morgan fingerprint density at radius 3 is 3.08 bits per heavy atom. The van der Waals surface area contributed by atoms with Crippen molar-refractivity contribution in [1.82, 2.24) is 10.1 Å². The SMILES string of the molecule is ClCc1cc(-c2nccs2)on1. The van der Waals surface area contributed by atoms with Crippen molar-refractivity contribution in [2.75, 3.05) is 0 Å². The Balaban J connectivity index is 2.35. The maximum absolute atomic E-state index is 5.56. The predicted molar refractivity (Wildman–Crippen MR) is 47.2 cm³/mol. The molecule has 5 heteroatoms. The molecule has 0 atom stereocenters. The summed E-state index contributed by atoms with van der Waals surface area (Å²) >= 11 is 7.07. The summed E-state index contributed by atoms with van der Waals surface area (Å²) in [5, 5.41) is 6.47. The van der Waals surface area contributed by atoms with E-state index in [2.05, 4.69) is 10.1 Å². The first-order valence-electron chi connectivity index (χ1n) is 3.31. The van der Waals surface area contributed by atoms with E-state index < -0.39 is 0 Å². The van der Waals surface area contributed by atoms with Gasteiger partial charge in [-0.3, -0.25) is 0 Å². The molecule has 2 heterocycles. The standard InChI is InChI=1S/C7H5ClN2OS/c8-4-5-3-6(11-10-5)7-9-1-2-12-7/h1-3H,4H2. The highest BCUT2D eigenvalue weighted by atomic mass is 35.5. The second-order valence-corrected chi connectivity index (χ2v) is 3.32. The van der Waals surface area contributed by atoms with Gasteiger partial charge < -0.3 is 4.52 Å². The first-order valence-corrected chi connectivity index (χ1v) is 4.73. The zero-order valence-corrected chi connectivity index (χ0v) is 7.60. The number of thiazole rings is 1. The highest BCUT2D eigenvalue weighted by Gasteiger charge is 2.07. The van der Waals surface area contributed by atoms with Gasteiger partial charge in [-0.05, 0) is 0 Å². The number of nitrogens with zero attached hydrogens (tertiary/aromatic N) is 2. The molecule has 0 saturated heterocycles. The lowest BCUT2D eigenvalue weighted by Gasteiger charge is -1.81. The number of aromatic nitrogens is 2. The van der Waals surface area contributed by atoms with Crippen LogP contribution in [0.4, 0.5) is 0 Å². The van der Waals surface area contributed by atoms with Gasteiger partial charge in [0, 0.05) is 17.6 Å². The van der Waals surface area contributed by atoms with E-state index in [1.807, 2.05) is 5.38 Å². The molecule has 0 bridgehead atoms. The van der Waals surface area contributed by atoms with E-state index in [0.29, 0.717) is 11.6 Å². The van der Waals surface area contributed by atoms with E-state index >= 15 is 0 Å². The fourth-order valence-corrected chi connectivity index (χ4v) is 1.53. The van der Waals surface area contributed by atoms with Crippen molar-refractivity contribution in [3.63, 3.8) is 0 Å². The maximum Gasteiger partial charge on any atom is 0.195 e. The van der Waals surface area contributed by atoms with Gasteiger partial charge in [-0.2, -0.15) is 0 Å². The number of rotatable bonds is 2. The lowest BCUT2D eigenvalue weighted by atomic mass is 10.4. The molecule has 0 unspecified atom stereocenters. The Morgan fingerprint density at radius 2 is 2.50 bits per heavy atom. The van der Waals surface area contributed by atoms with Crippen LogP contribution in [0.5, 0.6) is 0 Å². The second kappa shape index (κ2) is 3.25. The Kier molecular flexibility index (Phi) is 2.10. The molecule has 12 heavy (non-hydrogen) atoms. The zero-order valence-electron chi connectivity index (χ0n) is 6.03. The topological polar surface area (TPSA) is 38.9 Å². The molecule has 0 aliphatic rings. The van der Waals surface area contributed by atoms with Gasteiger partial charge in [0.05, 0.1) is 11.6 Å². The van der Waals surface area contributed by atoms with Crippen molar-refractivity contribution in [1.29, 1.82) is 0 Å². The minimum Gasteiger partial charge on any atom is -0.353 e. The van der Waals surface area contributed by atoms with E-state index in [4.69, 9.17) is 16.1 Å². The minimum atomic E-state index is 0.370. The molecule has 0 radical (unpaired) electrons. The van der Waals surface area contributed by atoms with Crippen molar-refractivity contribution in [2.24, 2.45) is 0 Å². The van der Waals surface area contributed by atoms with E-state index in [-0.39, 0.29) is 0 Å². The van der Waals surface area contributed by atoms with Crippen molar-refractivity contribution >= 4 is 22.9 Å². The summed E-state index contributed by atoms with van der Waals surface area (Å²) in [6, 6.07) is 1.80. The summed E-state index contributed by atoms with van der Waals surface area (Å²) in [5.74, 6) is 1.05. The molecule has 0 N–H and O–H groups in total. The summed E-state index contributed by atoms with van der Waals surface area (Å²) in [6.07, 6.45) is 1.73. The molecule has 0 aromatic carbocycles. The zero-order chi connectivity index (χ0) is 8.39. The van der Waals surface area contributed by atoms with Crippen LogP contribution in [0.25, 0.3) is 10.8 Å². The molecule has 0 amide bonds. The number of hydrogen-bond donors (Lipinski definition) is 0. The summed E-state index contributed by atoms with van der Waals surface area (Å²) in [5.41, 5.74) is 0.738. The number of halogens is 1. The third-order valence-electron chi connectivity index (χ3n) is 1.34. The highest BCUT2D eigenvalue weighted by Crippen LogP contribution is 2.22. The molecule has 3 nitrogen and oxygen atoms in total. The van der Waals surface area contributed by atoms with Crippen molar-refractivity contribution in [3.05, 3.63) is 23.3 Å². The fourth-order valence-electron chi connectivity index (χ4n) is 0.821. The average molecular weight is 201 g/mol. The second-order valence-electron chi connectivity index (χ2n) is 2.15. The average Bonchev–Trinajstić information content (AvgIpc) is 2.75. The molecule has 62 valence electrons. The molecule has 0 fully saturated rings. The van der Waals surface area contributed by atoms with Gasteiger partial charge in [0.1, 0.15) is 0 Å². The van der Waals surface area contributed by atoms with E-state index in [1.54, 1.807) is 12.3 Å². The van der Waals surface area contributed by atoms with Crippen LogP contribution < -0.4 is 0 Å². The van der Waals surface area contributed by atoms with E-state index in [0.717, 1.165) is 10.7 Å². The third kappa shape index (κ3) is 1.35. The minimum absolute atomic E-state index is 0.370. The van der Waals surface area contributed by atoms with Gasteiger partial charge in [0.25, 0.3) is 0 Å². The number of hydrogen-bond acceptors (Lipinski definition) is 4. The Morgan fingerprint density at radius 1 is 1.58 bits per heavy atom. The van der Waals surface area contributed by atoms with Gasteiger partial charge in [0.15, 0.2) is 10.8 Å². The number of alkyl halides is 1. The van der Waals surface area contributed by atoms with Crippen LogP contribution in [-0.2, 0) is 5.88 Å². The Bertz CT molecular complexity index is 357. The van der Waals surface area contributed by atoms with Gasteiger partial charge in [-0.15, -0.1) is 22.9 Å². The monoisotopic (exact) mass is 200 g/mol. The molecule has 0 saturated carbocycles. The lowest BCUT2D eigenvalue weighted by molar-refractivity contribution is 0.426. The Hall–Kier alpha value is -0.870. The van der Waals surface area contributed by atoms with Crippen LogP contribution in [0.3, 0.4) is 0 Å². The van der Waals surface area contributed by atoms with Crippen LogP contribution >= 0.6 is 22.9 Å². The lowest BCUT2D eigenvalue weighted by Crippen LogP contribution is -1.71. The summed E-state index contributed by atoms with van der Waals surface area (Å²) in [6.45, 7) is 0. The van der Waals surface area contributed by atoms with Crippen LogP contribution in [0.15, 0.2) is 22.2 Å². The highest BCUT2D eigenvalue weighted by molar-refractivity contribution is 7.13. The quantitative estimate of drug-likeness (QED) is 0.700. The van der Waals surface area contributed by atoms with E-state index in [9.17, 15) is 0 Å². The smallest absolute Gasteiger partial charge is 0.195 e. The van der Waals surface area contributed by atoms with Crippen LogP contribution in [0.1, 0.15) is 5.69 Å². The summed E-state index contributed by atoms with van der Waals surface area (Å²) in [7, 11) is 0. The molecule has 2 aromatic heterocycles. The molecule has 0 aliphatic heterocycles. The largest absolute Gasteiger partial charge is 0.353 e. The summed E-state index contributed by atoms with van der Waals surface area (Å²) < 4.78 is 5.01. The van der Waals surface area contributed by atoms with Crippen molar-refractivity contribution in [3.8, 4) is 10.8 Å². The Labute approximate surface area is 78.0 Å². The van der Waals surface area contributed by atoms with Crippen LogP contribution in [0, 0.1) is 0 Å². The first-order chi connectivity index (χ1) is 5.90. The normalized spacial score (nSPS) is 10.4. The van der Waals surface area contributed by atoms with Gasteiger partial charge in [-0.25, -0.2) is 4.98 Å². The molecular formula is C7H5ClN2OS. The van der Waals surface area contributed by atoms with Crippen molar-refractivity contribution < 1.29 is 4.52 Å². The van der Waals surface area contributed by atoms with Crippen LogP contribution in [-0.4, -0.2) is 10.1 Å². The van der Waals surface area contributed by atoms with Gasteiger partial charge in [-0.1, -0.05) is 5.16 Å². The first kappa shape index (κ1) is 7.76. The maximum atomic E-state index is 5.56. The summed E-state index contributed by atoms with van der Waals surface area (Å²) in [4.78, 5) is 4.08. The van der Waals surface area contributed by atoms with Crippen LogP contribution in [0.2, 0.25) is 0 Å². The van der Waals surface area contributed by atoms with E-state index in [1.165, 1.54) is 11.3 Å². The molecule has 0 spiro atoms. The molecule has 2 aromatic rings. The molecule has 0 aliphatic carbocycles. The molecule has 2 rings (SSSR count). The van der Waals surface area contributed by atoms with Gasteiger partial charge >= 0.3 is 0 Å².